The number of nitrogens with zero attached hydrogens (tertiary/aromatic N) is 1. The maximum atomic E-state index is 12.2. The van der Waals surface area contributed by atoms with E-state index in [1.54, 1.807) is 13.8 Å². The van der Waals surface area contributed by atoms with Crippen LogP contribution >= 0.6 is 0 Å². The molecular weight excluding hydrogens is 329 g/mol. The highest BCUT2D eigenvalue weighted by Crippen LogP contribution is 2.26. The van der Waals surface area contributed by atoms with Crippen molar-refractivity contribution in [2.24, 2.45) is 5.41 Å². The molecule has 1 amide bonds. The van der Waals surface area contributed by atoms with Crippen LogP contribution in [0.4, 0.5) is 13.2 Å². The van der Waals surface area contributed by atoms with Crippen LogP contribution in [0.2, 0.25) is 0 Å². The quantitative estimate of drug-likeness (QED) is 0.754. The van der Waals surface area contributed by atoms with Crippen molar-refractivity contribution in [1.29, 1.82) is 0 Å². The molecule has 0 aliphatic carbocycles. The van der Waals surface area contributed by atoms with Crippen molar-refractivity contribution in [3.8, 4) is 5.88 Å². The number of alkyl halides is 3. The Morgan fingerprint density at radius 1 is 1.29 bits per heavy atom. The Hall–Kier alpha value is -2.32. The molecule has 9 heteroatoms. The number of aromatic nitrogens is 1. The summed E-state index contributed by atoms with van der Waals surface area (Å²) >= 11 is 0. The minimum absolute atomic E-state index is 0.151. The number of carboxylic acid groups (broad SMARTS) is 1. The minimum atomic E-state index is -4.56. The van der Waals surface area contributed by atoms with Crippen LogP contribution in [-0.4, -0.2) is 41.3 Å². The number of aliphatic carboxylic acids is 1. The van der Waals surface area contributed by atoms with E-state index in [-0.39, 0.29) is 12.1 Å². The molecule has 0 spiro atoms. The van der Waals surface area contributed by atoms with Crippen LogP contribution < -0.4 is 10.1 Å². The van der Waals surface area contributed by atoms with Crippen LogP contribution in [0.5, 0.6) is 5.88 Å². The Morgan fingerprint density at radius 3 is 2.42 bits per heavy atom. The van der Waals surface area contributed by atoms with Gasteiger partial charge in [0.1, 0.15) is 5.56 Å². The van der Waals surface area contributed by atoms with Gasteiger partial charge < -0.3 is 15.2 Å². The highest BCUT2D eigenvalue weighted by atomic mass is 19.4. The normalized spacial score (nSPS) is 11.9. The van der Waals surface area contributed by atoms with Crippen molar-refractivity contribution in [2.45, 2.75) is 32.9 Å². The second-order valence-electron chi connectivity index (χ2n) is 5.24. The molecule has 0 bridgehead atoms. The lowest BCUT2D eigenvalue weighted by Crippen LogP contribution is -2.42. The number of halogens is 3. The van der Waals surface area contributed by atoms with E-state index in [0.29, 0.717) is 12.8 Å². The number of hydrogen-bond donors (Lipinski definition) is 2. The van der Waals surface area contributed by atoms with Gasteiger partial charge in [0.05, 0.1) is 5.41 Å². The van der Waals surface area contributed by atoms with Gasteiger partial charge in [-0.3, -0.25) is 9.59 Å². The van der Waals surface area contributed by atoms with E-state index in [0.717, 1.165) is 0 Å². The first-order valence-electron chi connectivity index (χ1n) is 7.31. The van der Waals surface area contributed by atoms with Gasteiger partial charge in [-0.1, -0.05) is 13.8 Å². The van der Waals surface area contributed by atoms with E-state index in [4.69, 9.17) is 0 Å². The molecular formula is C15H19F3N2O4. The monoisotopic (exact) mass is 348 g/mol. The Kier molecular flexibility index (Phi) is 6.56. The summed E-state index contributed by atoms with van der Waals surface area (Å²) in [5.41, 5.74) is -1.32. The SMILES string of the molecule is CCC(CC)(CNC(=O)c1cccnc1OCC(F)(F)F)C(=O)O. The molecule has 2 N–H and O–H groups in total. The zero-order valence-electron chi connectivity index (χ0n) is 13.3. The number of carboxylic acids is 1. The summed E-state index contributed by atoms with van der Waals surface area (Å²) in [6, 6.07) is 2.63. The number of nitrogens with one attached hydrogen (secondary N) is 1. The van der Waals surface area contributed by atoms with E-state index in [9.17, 15) is 27.9 Å². The number of carbonyl (C=O) groups is 2. The largest absolute Gasteiger partial charge is 0.481 e. The van der Waals surface area contributed by atoms with E-state index < -0.39 is 36.0 Å². The zero-order chi connectivity index (χ0) is 18.4. The fraction of sp³-hybridized carbons (Fsp3) is 0.533. The molecule has 134 valence electrons. The number of amides is 1. The molecule has 1 aromatic heterocycles. The fourth-order valence-electron chi connectivity index (χ4n) is 2.05. The average Bonchev–Trinajstić information content (AvgIpc) is 2.53. The molecule has 0 aliphatic rings. The van der Waals surface area contributed by atoms with Gasteiger partial charge in [0.2, 0.25) is 5.88 Å². The van der Waals surface area contributed by atoms with Crippen molar-refractivity contribution in [2.75, 3.05) is 13.2 Å². The Bertz CT molecular complexity index is 586. The molecule has 0 atom stereocenters. The molecule has 1 aromatic rings. The van der Waals surface area contributed by atoms with Gasteiger partial charge in [-0.15, -0.1) is 0 Å². The topological polar surface area (TPSA) is 88.5 Å². The van der Waals surface area contributed by atoms with Crippen molar-refractivity contribution in [3.05, 3.63) is 23.9 Å². The smallest absolute Gasteiger partial charge is 0.422 e. The molecule has 0 saturated carbocycles. The van der Waals surface area contributed by atoms with Crippen LogP contribution in [0.1, 0.15) is 37.0 Å². The maximum absolute atomic E-state index is 12.2. The fourth-order valence-corrected chi connectivity index (χ4v) is 2.05. The van der Waals surface area contributed by atoms with Crippen LogP contribution in [0.3, 0.4) is 0 Å². The summed E-state index contributed by atoms with van der Waals surface area (Å²) in [5, 5.41) is 11.8. The second-order valence-corrected chi connectivity index (χ2v) is 5.24. The van der Waals surface area contributed by atoms with Crippen molar-refractivity contribution in [3.63, 3.8) is 0 Å². The average molecular weight is 348 g/mol. The molecule has 0 aliphatic heterocycles. The van der Waals surface area contributed by atoms with Gasteiger partial charge in [0.15, 0.2) is 6.61 Å². The second kappa shape index (κ2) is 7.98. The lowest BCUT2D eigenvalue weighted by atomic mass is 9.82. The number of pyridine rings is 1. The first kappa shape index (κ1) is 19.7. The lowest BCUT2D eigenvalue weighted by molar-refractivity contribution is -0.154. The van der Waals surface area contributed by atoms with E-state index in [2.05, 4.69) is 15.0 Å². The summed E-state index contributed by atoms with van der Waals surface area (Å²) in [5.74, 6) is -2.25. The lowest BCUT2D eigenvalue weighted by Gasteiger charge is -2.26. The molecule has 24 heavy (non-hydrogen) atoms. The van der Waals surface area contributed by atoms with Crippen molar-refractivity contribution >= 4 is 11.9 Å². The predicted molar refractivity (Wildman–Crippen MR) is 78.8 cm³/mol. The summed E-state index contributed by atoms with van der Waals surface area (Å²) < 4.78 is 41.3. The van der Waals surface area contributed by atoms with E-state index in [1.807, 2.05) is 0 Å². The number of rotatable bonds is 8. The van der Waals surface area contributed by atoms with Crippen molar-refractivity contribution in [1.82, 2.24) is 10.3 Å². The first-order chi connectivity index (χ1) is 11.1. The standard InChI is InChI=1S/C15H19F3N2O4/c1-3-14(4-2,13(22)23)8-20-11(21)10-6-5-7-19-12(10)24-9-15(16,17)18/h5-7H,3-4,8-9H2,1-2H3,(H,20,21)(H,22,23). The molecule has 0 unspecified atom stereocenters. The Labute approximate surface area is 137 Å². The maximum Gasteiger partial charge on any atom is 0.422 e. The third-order valence-corrected chi connectivity index (χ3v) is 3.78. The molecule has 6 nitrogen and oxygen atoms in total. The summed E-state index contributed by atoms with van der Waals surface area (Å²) in [7, 11) is 0. The van der Waals surface area contributed by atoms with Gasteiger partial charge in [-0.25, -0.2) is 4.98 Å². The van der Waals surface area contributed by atoms with Crippen LogP contribution in [-0.2, 0) is 4.79 Å². The molecule has 0 fully saturated rings. The molecule has 0 saturated heterocycles. The summed E-state index contributed by atoms with van der Waals surface area (Å²) in [6.07, 6.45) is -2.77. The van der Waals surface area contributed by atoms with Crippen LogP contribution in [0.25, 0.3) is 0 Å². The minimum Gasteiger partial charge on any atom is -0.481 e. The van der Waals surface area contributed by atoms with Crippen LogP contribution in [0.15, 0.2) is 18.3 Å². The number of carbonyl (C=O) groups excluding carboxylic acids is 1. The van der Waals surface area contributed by atoms with Gasteiger partial charge in [0.25, 0.3) is 5.91 Å². The van der Waals surface area contributed by atoms with Gasteiger partial charge in [-0.2, -0.15) is 13.2 Å². The highest BCUT2D eigenvalue weighted by molar-refractivity contribution is 5.96. The molecule has 1 rings (SSSR count). The third-order valence-electron chi connectivity index (χ3n) is 3.78. The third kappa shape index (κ3) is 5.10. The predicted octanol–water partition coefficient (Wildman–Crippen LogP) is 2.64. The Balaban J connectivity index is 2.87. The molecule has 1 heterocycles. The van der Waals surface area contributed by atoms with Gasteiger partial charge in [0, 0.05) is 12.7 Å². The number of hydrogen-bond acceptors (Lipinski definition) is 4. The van der Waals surface area contributed by atoms with Crippen molar-refractivity contribution < 1.29 is 32.6 Å². The summed E-state index contributed by atoms with van der Waals surface area (Å²) in [6.45, 7) is 1.65. The van der Waals surface area contributed by atoms with Gasteiger partial charge in [-0.05, 0) is 25.0 Å². The molecule has 0 radical (unpaired) electrons. The van der Waals surface area contributed by atoms with E-state index in [1.165, 1.54) is 18.3 Å². The highest BCUT2D eigenvalue weighted by Gasteiger charge is 2.35. The van der Waals surface area contributed by atoms with Crippen LogP contribution in [0, 0.1) is 5.41 Å². The van der Waals surface area contributed by atoms with Gasteiger partial charge >= 0.3 is 12.1 Å². The number of ether oxygens (including phenoxy) is 1. The summed E-state index contributed by atoms with van der Waals surface area (Å²) in [4.78, 5) is 27.2. The Morgan fingerprint density at radius 2 is 1.92 bits per heavy atom. The molecule has 0 aromatic carbocycles. The van der Waals surface area contributed by atoms with E-state index >= 15 is 0 Å². The zero-order valence-corrected chi connectivity index (χ0v) is 13.3. The first-order valence-corrected chi connectivity index (χ1v) is 7.31.